The lowest BCUT2D eigenvalue weighted by Gasteiger charge is -2.35. The molecular weight excluding hydrogens is 507 g/mol. The van der Waals surface area contributed by atoms with Crippen molar-refractivity contribution in [1.29, 1.82) is 0 Å². The van der Waals surface area contributed by atoms with Crippen LogP contribution in [0.15, 0.2) is 30.6 Å². The summed E-state index contributed by atoms with van der Waals surface area (Å²) in [4.78, 5) is 43.0. The van der Waals surface area contributed by atoms with Gasteiger partial charge in [-0.25, -0.2) is 28.9 Å². The number of amides is 2. The molecule has 0 spiro atoms. The lowest BCUT2D eigenvalue weighted by molar-refractivity contribution is 0.0206. The summed E-state index contributed by atoms with van der Waals surface area (Å²) in [7, 11) is 0. The molecule has 5 rings (SSSR count). The fourth-order valence-corrected chi connectivity index (χ4v) is 4.83. The first-order valence-corrected chi connectivity index (χ1v) is 13.0. The Balaban J connectivity index is 1.43. The highest BCUT2D eigenvalue weighted by Gasteiger charge is 2.29. The molecule has 39 heavy (non-hydrogen) atoms. The first kappa shape index (κ1) is 26.4. The van der Waals surface area contributed by atoms with E-state index in [1.54, 1.807) is 21.6 Å². The number of rotatable bonds is 4. The van der Waals surface area contributed by atoms with Crippen LogP contribution in [0.25, 0.3) is 17.2 Å². The van der Waals surface area contributed by atoms with E-state index in [-0.39, 0.29) is 12.1 Å². The number of carboxylic acid groups (broad SMARTS) is 1. The summed E-state index contributed by atoms with van der Waals surface area (Å²) in [5.41, 5.74) is 0.509. The molecule has 1 atom stereocenters. The van der Waals surface area contributed by atoms with Crippen molar-refractivity contribution in [1.82, 2.24) is 29.2 Å². The lowest BCUT2D eigenvalue weighted by atomic mass is 10.1. The molecule has 3 aromatic rings. The van der Waals surface area contributed by atoms with E-state index in [1.165, 1.54) is 17.2 Å². The molecule has 2 aliphatic rings. The summed E-state index contributed by atoms with van der Waals surface area (Å²) < 4.78 is 21.2. The number of fused-ring (bicyclic) bond motifs is 1. The SMILES string of the molecule is CC(C)(C)OC(=O)N1CCCC(Nc2cc(N3CCN(C(=O)O)CC3)nc(-c3cnc4ccc(F)cn34)n2)C1. The molecule has 0 radical (unpaired) electrons. The molecule has 2 N–H and O–H groups in total. The minimum Gasteiger partial charge on any atom is -0.465 e. The number of carbonyl (C=O) groups is 2. The molecule has 2 fully saturated rings. The second kappa shape index (κ2) is 10.5. The van der Waals surface area contributed by atoms with E-state index in [2.05, 4.69) is 10.3 Å². The van der Waals surface area contributed by atoms with Crippen LogP contribution in [0, 0.1) is 5.82 Å². The molecule has 0 aliphatic carbocycles. The number of ether oxygens (including phenoxy) is 1. The van der Waals surface area contributed by atoms with Crippen molar-refractivity contribution < 1.29 is 23.8 Å². The lowest BCUT2D eigenvalue weighted by Crippen LogP contribution is -2.48. The minimum absolute atomic E-state index is 0.0645. The fraction of sp³-hybridized carbons (Fsp3) is 0.500. The number of aromatic nitrogens is 4. The molecule has 5 heterocycles. The van der Waals surface area contributed by atoms with Gasteiger partial charge in [-0.15, -0.1) is 0 Å². The summed E-state index contributed by atoms with van der Waals surface area (Å²) in [6.07, 6.45) is 3.30. The van der Waals surface area contributed by atoms with Crippen molar-refractivity contribution in [3.05, 3.63) is 36.4 Å². The van der Waals surface area contributed by atoms with Crippen LogP contribution >= 0.6 is 0 Å². The van der Waals surface area contributed by atoms with Crippen LogP contribution in [-0.4, -0.2) is 97.4 Å². The smallest absolute Gasteiger partial charge is 0.410 e. The van der Waals surface area contributed by atoms with Gasteiger partial charge < -0.3 is 29.9 Å². The third kappa shape index (κ3) is 6.13. The zero-order chi connectivity index (χ0) is 27.7. The van der Waals surface area contributed by atoms with Gasteiger partial charge in [0, 0.05) is 57.6 Å². The molecule has 2 aliphatic heterocycles. The van der Waals surface area contributed by atoms with Crippen LogP contribution in [0.1, 0.15) is 33.6 Å². The number of hydrogen-bond donors (Lipinski definition) is 2. The van der Waals surface area contributed by atoms with Crippen LogP contribution < -0.4 is 10.2 Å². The van der Waals surface area contributed by atoms with Crippen molar-refractivity contribution >= 4 is 29.5 Å². The number of likely N-dealkylation sites (tertiary alicyclic amines) is 1. The second-order valence-electron chi connectivity index (χ2n) is 10.8. The first-order chi connectivity index (χ1) is 18.6. The van der Waals surface area contributed by atoms with Crippen LogP contribution in [0.2, 0.25) is 0 Å². The maximum atomic E-state index is 14.1. The van der Waals surface area contributed by atoms with Crippen molar-refractivity contribution in [3.63, 3.8) is 0 Å². The zero-order valence-electron chi connectivity index (χ0n) is 22.3. The number of nitrogens with one attached hydrogen (secondary N) is 1. The van der Waals surface area contributed by atoms with Gasteiger partial charge in [-0.05, 0) is 45.7 Å². The summed E-state index contributed by atoms with van der Waals surface area (Å²) >= 11 is 0. The van der Waals surface area contributed by atoms with Gasteiger partial charge >= 0.3 is 12.2 Å². The molecule has 0 bridgehead atoms. The molecule has 208 valence electrons. The molecule has 2 amide bonds. The summed E-state index contributed by atoms with van der Waals surface area (Å²) in [5.74, 6) is 1.12. The Morgan fingerprint density at radius 2 is 1.87 bits per heavy atom. The second-order valence-corrected chi connectivity index (χ2v) is 10.8. The molecule has 0 aromatic carbocycles. The van der Waals surface area contributed by atoms with Gasteiger partial charge in [0.1, 0.15) is 34.4 Å². The number of piperazine rings is 1. The Morgan fingerprint density at radius 1 is 1.10 bits per heavy atom. The number of halogens is 1. The van der Waals surface area contributed by atoms with E-state index in [1.807, 2.05) is 31.7 Å². The van der Waals surface area contributed by atoms with E-state index < -0.39 is 17.5 Å². The average Bonchev–Trinajstić information content (AvgIpc) is 3.31. The Labute approximate surface area is 225 Å². The van der Waals surface area contributed by atoms with Crippen molar-refractivity contribution in [3.8, 4) is 11.5 Å². The maximum absolute atomic E-state index is 14.1. The predicted molar refractivity (Wildman–Crippen MR) is 142 cm³/mol. The summed E-state index contributed by atoms with van der Waals surface area (Å²) in [5, 5.41) is 12.8. The quantitative estimate of drug-likeness (QED) is 0.511. The Bertz CT molecular complexity index is 1370. The minimum atomic E-state index is -0.944. The van der Waals surface area contributed by atoms with E-state index in [9.17, 15) is 19.1 Å². The average molecular weight is 541 g/mol. The van der Waals surface area contributed by atoms with E-state index in [0.29, 0.717) is 68.1 Å². The zero-order valence-corrected chi connectivity index (χ0v) is 22.3. The maximum Gasteiger partial charge on any atom is 0.410 e. The van der Waals surface area contributed by atoms with E-state index in [0.717, 1.165) is 12.8 Å². The number of piperidine rings is 1. The van der Waals surface area contributed by atoms with Gasteiger partial charge in [0.05, 0.1) is 6.20 Å². The largest absolute Gasteiger partial charge is 0.465 e. The van der Waals surface area contributed by atoms with Gasteiger partial charge in [0.25, 0.3) is 0 Å². The number of pyridine rings is 1. The molecule has 1 unspecified atom stereocenters. The topological polar surface area (TPSA) is 128 Å². The third-order valence-electron chi connectivity index (χ3n) is 6.71. The number of imidazole rings is 1. The molecule has 2 saturated heterocycles. The highest BCUT2D eigenvalue weighted by Crippen LogP contribution is 2.26. The van der Waals surface area contributed by atoms with Crippen LogP contribution in [0.3, 0.4) is 0 Å². The Hall–Kier alpha value is -4.16. The van der Waals surface area contributed by atoms with Crippen LogP contribution in [0.5, 0.6) is 0 Å². The van der Waals surface area contributed by atoms with Gasteiger partial charge in [0.2, 0.25) is 0 Å². The molecule has 13 heteroatoms. The summed E-state index contributed by atoms with van der Waals surface area (Å²) in [6, 6.07) is 4.69. The van der Waals surface area contributed by atoms with E-state index >= 15 is 0 Å². The van der Waals surface area contributed by atoms with Crippen LogP contribution in [0.4, 0.5) is 25.6 Å². The highest BCUT2D eigenvalue weighted by atomic mass is 19.1. The number of carbonyl (C=O) groups excluding carboxylic acids is 1. The van der Waals surface area contributed by atoms with Gasteiger partial charge in [-0.2, -0.15) is 0 Å². The molecule has 0 saturated carbocycles. The number of nitrogens with zero attached hydrogens (tertiary/aromatic N) is 7. The van der Waals surface area contributed by atoms with Crippen molar-refractivity contribution in [2.24, 2.45) is 0 Å². The molecular formula is C26H33FN8O4. The Morgan fingerprint density at radius 3 is 2.59 bits per heavy atom. The predicted octanol–water partition coefficient (Wildman–Crippen LogP) is 3.54. The van der Waals surface area contributed by atoms with Crippen molar-refractivity contribution in [2.75, 3.05) is 49.5 Å². The molecule has 12 nitrogen and oxygen atoms in total. The molecule has 3 aromatic heterocycles. The Kier molecular flexibility index (Phi) is 7.15. The first-order valence-electron chi connectivity index (χ1n) is 13.0. The monoisotopic (exact) mass is 540 g/mol. The summed E-state index contributed by atoms with van der Waals surface area (Å²) in [6.45, 7) is 8.26. The normalized spacial score (nSPS) is 18.4. The van der Waals surface area contributed by atoms with Gasteiger partial charge in [-0.3, -0.25) is 4.40 Å². The highest BCUT2D eigenvalue weighted by molar-refractivity contribution is 5.69. The fourth-order valence-electron chi connectivity index (χ4n) is 4.83. The van der Waals surface area contributed by atoms with Gasteiger partial charge in [-0.1, -0.05) is 0 Å². The van der Waals surface area contributed by atoms with E-state index in [4.69, 9.17) is 14.7 Å². The van der Waals surface area contributed by atoms with Crippen molar-refractivity contribution in [2.45, 2.75) is 45.3 Å². The number of anilines is 2. The van der Waals surface area contributed by atoms with Gasteiger partial charge in [0.15, 0.2) is 5.82 Å². The standard InChI is InChI=1S/C26H33FN8O4/c1-26(2,3)39-25(38)34-8-4-5-18(16-34)29-20-13-22(32-9-11-33(12-10-32)24(36)37)31-23(30-20)19-14-28-21-7-6-17(27)15-35(19)21/h6-7,13-15,18H,4-5,8-12,16H2,1-3H3,(H,36,37)(H,29,30,31). The number of hydrogen-bond acceptors (Lipinski definition) is 8. The third-order valence-corrected chi connectivity index (χ3v) is 6.71. The van der Waals surface area contributed by atoms with Crippen LogP contribution in [-0.2, 0) is 4.74 Å².